The van der Waals surface area contributed by atoms with Gasteiger partial charge in [-0.05, 0) is 12.0 Å². The van der Waals surface area contributed by atoms with Gasteiger partial charge in [0.25, 0.3) is 0 Å². The van der Waals surface area contributed by atoms with Gasteiger partial charge in [-0.25, -0.2) is 0 Å². The summed E-state index contributed by atoms with van der Waals surface area (Å²) < 4.78 is 4.98. The number of benzene rings is 1. The molecule has 0 bridgehead atoms. The molecule has 1 aliphatic rings. The molecule has 0 saturated carbocycles. The highest BCUT2D eigenvalue weighted by Gasteiger charge is 2.34. The molecule has 6 heteroatoms. The molecule has 1 aromatic carbocycles. The second-order valence-corrected chi connectivity index (χ2v) is 6.00. The smallest absolute Gasteiger partial charge is 0.243 e. The van der Waals surface area contributed by atoms with Gasteiger partial charge in [0.15, 0.2) is 0 Å². The van der Waals surface area contributed by atoms with E-state index in [1.165, 1.54) is 5.56 Å². The molecular formula is C18H27N3O3. The third-order valence-corrected chi connectivity index (χ3v) is 4.41. The van der Waals surface area contributed by atoms with E-state index in [2.05, 4.69) is 22.3 Å². The van der Waals surface area contributed by atoms with Crippen LogP contribution in [0.2, 0.25) is 0 Å². The molecule has 0 unspecified atom stereocenters. The van der Waals surface area contributed by atoms with Crippen LogP contribution in [0.15, 0.2) is 30.3 Å². The molecule has 1 N–H and O–H groups in total. The number of nitrogens with zero attached hydrogens (tertiary/aromatic N) is 2. The number of carbonyl (C=O) groups excluding carboxylic acids is 2. The number of hydrogen-bond donors (Lipinski definition) is 1. The van der Waals surface area contributed by atoms with E-state index in [1.807, 2.05) is 18.2 Å². The fourth-order valence-corrected chi connectivity index (χ4v) is 3.00. The maximum absolute atomic E-state index is 12.3. The fourth-order valence-electron chi connectivity index (χ4n) is 3.00. The van der Waals surface area contributed by atoms with Crippen molar-refractivity contribution in [2.24, 2.45) is 0 Å². The summed E-state index contributed by atoms with van der Waals surface area (Å²) in [6.45, 7) is 3.21. The van der Waals surface area contributed by atoms with Crippen LogP contribution in [-0.2, 0) is 20.7 Å². The minimum absolute atomic E-state index is 0.0202. The van der Waals surface area contributed by atoms with Gasteiger partial charge in [-0.3, -0.25) is 14.5 Å². The van der Waals surface area contributed by atoms with Crippen molar-refractivity contribution >= 4 is 11.8 Å². The van der Waals surface area contributed by atoms with Crippen molar-refractivity contribution in [2.75, 3.05) is 46.9 Å². The lowest BCUT2D eigenvalue weighted by atomic mass is 10.1. The number of piperazine rings is 1. The molecular weight excluding hydrogens is 306 g/mol. The van der Waals surface area contributed by atoms with Crippen LogP contribution in [0.3, 0.4) is 0 Å². The molecule has 6 nitrogen and oxygen atoms in total. The fraction of sp³-hybridized carbons (Fsp3) is 0.556. The minimum Gasteiger partial charge on any atom is -0.384 e. The summed E-state index contributed by atoms with van der Waals surface area (Å²) in [4.78, 5) is 28.5. The van der Waals surface area contributed by atoms with Crippen LogP contribution in [0.4, 0.5) is 0 Å². The van der Waals surface area contributed by atoms with Crippen LogP contribution in [0.1, 0.15) is 12.0 Å². The van der Waals surface area contributed by atoms with Crippen molar-refractivity contribution in [1.82, 2.24) is 15.1 Å². The molecule has 0 spiro atoms. The van der Waals surface area contributed by atoms with Crippen LogP contribution >= 0.6 is 0 Å². The van der Waals surface area contributed by atoms with E-state index in [9.17, 15) is 9.59 Å². The maximum atomic E-state index is 12.3. The largest absolute Gasteiger partial charge is 0.384 e. The summed E-state index contributed by atoms with van der Waals surface area (Å²) >= 11 is 0. The van der Waals surface area contributed by atoms with Gasteiger partial charge >= 0.3 is 0 Å². The zero-order valence-electron chi connectivity index (χ0n) is 14.5. The summed E-state index contributed by atoms with van der Waals surface area (Å²) in [6.07, 6.45) is 1.26. The lowest BCUT2D eigenvalue weighted by Gasteiger charge is -2.40. The number of ether oxygens (including phenoxy) is 1. The topological polar surface area (TPSA) is 61.9 Å². The highest BCUT2D eigenvalue weighted by Crippen LogP contribution is 2.13. The minimum atomic E-state index is -0.427. The first-order chi connectivity index (χ1) is 11.7. The second-order valence-electron chi connectivity index (χ2n) is 6.00. The Hall–Kier alpha value is -1.92. The van der Waals surface area contributed by atoms with Crippen LogP contribution in [0.25, 0.3) is 0 Å². The van der Waals surface area contributed by atoms with E-state index in [4.69, 9.17) is 4.74 Å². The van der Waals surface area contributed by atoms with E-state index in [0.29, 0.717) is 26.1 Å². The Labute approximate surface area is 143 Å². The summed E-state index contributed by atoms with van der Waals surface area (Å²) in [7, 11) is 3.19. The van der Waals surface area contributed by atoms with Crippen LogP contribution in [0, 0.1) is 0 Å². The first kappa shape index (κ1) is 18.4. The number of hydrogen-bond acceptors (Lipinski definition) is 4. The lowest BCUT2D eigenvalue weighted by molar-refractivity contribution is -0.144. The molecule has 1 saturated heterocycles. The first-order valence-electron chi connectivity index (χ1n) is 8.42. The summed E-state index contributed by atoms with van der Waals surface area (Å²) in [5, 5.41) is 2.68. The molecule has 0 aromatic heterocycles. The predicted octanol–water partition coefficient (Wildman–Crippen LogP) is 0.524. The molecule has 1 aromatic rings. The van der Waals surface area contributed by atoms with Gasteiger partial charge in [0.05, 0.1) is 13.0 Å². The highest BCUT2D eigenvalue weighted by molar-refractivity contribution is 5.88. The average Bonchev–Trinajstić information content (AvgIpc) is 2.64. The van der Waals surface area contributed by atoms with Crippen molar-refractivity contribution in [3.63, 3.8) is 0 Å². The number of carbonyl (C=O) groups is 2. The molecule has 1 aliphatic heterocycles. The lowest BCUT2D eigenvalue weighted by Crippen LogP contribution is -2.60. The van der Waals surface area contributed by atoms with E-state index < -0.39 is 6.04 Å². The monoisotopic (exact) mass is 333 g/mol. The molecule has 132 valence electrons. The van der Waals surface area contributed by atoms with Gasteiger partial charge in [-0.1, -0.05) is 30.3 Å². The third kappa shape index (κ3) is 5.04. The summed E-state index contributed by atoms with van der Waals surface area (Å²) in [5.74, 6) is -0.127. The van der Waals surface area contributed by atoms with Gasteiger partial charge in [0.1, 0.15) is 6.04 Å². The molecule has 24 heavy (non-hydrogen) atoms. The number of amides is 2. The Bertz CT molecular complexity index is 536. The number of likely N-dealkylation sites (N-methyl/N-ethyl adjacent to an activating group) is 1. The number of rotatable bonds is 7. The summed E-state index contributed by atoms with van der Waals surface area (Å²) in [5.41, 5.74) is 1.28. The Balaban J connectivity index is 1.94. The van der Waals surface area contributed by atoms with E-state index in [1.54, 1.807) is 19.1 Å². The van der Waals surface area contributed by atoms with Crippen LogP contribution in [0.5, 0.6) is 0 Å². The van der Waals surface area contributed by atoms with Gasteiger partial charge in [-0.2, -0.15) is 0 Å². The molecule has 1 fully saturated rings. The SMILES string of the molecule is CNC(=O)[C@H]1CN(CCc2ccccc2)CCN1C(=O)CCOC. The molecule has 2 rings (SSSR count). The molecule has 2 amide bonds. The van der Waals surface area contributed by atoms with E-state index in [0.717, 1.165) is 19.5 Å². The molecule has 1 atom stereocenters. The van der Waals surface area contributed by atoms with E-state index >= 15 is 0 Å². The zero-order chi connectivity index (χ0) is 17.4. The van der Waals surface area contributed by atoms with Crippen molar-refractivity contribution in [3.8, 4) is 0 Å². The van der Waals surface area contributed by atoms with Crippen molar-refractivity contribution in [1.29, 1.82) is 0 Å². The first-order valence-corrected chi connectivity index (χ1v) is 8.42. The van der Waals surface area contributed by atoms with Crippen molar-refractivity contribution in [2.45, 2.75) is 18.9 Å². The van der Waals surface area contributed by atoms with Gasteiger partial charge in [0.2, 0.25) is 11.8 Å². The zero-order valence-corrected chi connectivity index (χ0v) is 14.5. The Morgan fingerprint density at radius 1 is 1.25 bits per heavy atom. The molecule has 0 radical (unpaired) electrons. The van der Waals surface area contributed by atoms with Crippen LogP contribution in [-0.4, -0.2) is 74.6 Å². The van der Waals surface area contributed by atoms with Crippen molar-refractivity contribution in [3.05, 3.63) is 35.9 Å². The number of nitrogens with one attached hydrogen (secondary N) is 1. The van der Waals surface area contributed by atoms with Gasteiger partial charge in [0, 0.05) is 40.3 Å². The Morgan fingerprint density at radius 2 is 2.00 bits per heavy atom. The average molecular weight is 333 g/mol. The van der Waals surface area contributed by atoms with E-state index in [-0.39, 0.29) is 11.8 Å². The number of methoxy groups -OCH3 is 1. The maximum Gasteiger partial charge on any atom is 0.243 e. The van der Waals surface area contributed by atoms with Gasteiger partial charge in [-0.15, -0.1) is 0 Å². The normalized spacial score (nSPS) is 18.4. The quantitative estimate of drug-likeness (QED) is 0.790. The third-order valence-electron chi connectivity index (χ3n) is 4.41. The second kappa shape index (κ2) is 9.39. The van der Waals surface area contributed by atoms with Crippen LogP contribution < -0.4 is 5.32 Å². The highest BCUT2D eigenvalue weighted by atomic mass is 16.5. The standard InChI is InChI=1S/C18H27N3O3/c1-19-18(23)16-14-20(10-8-15-6-4-3-5-7-15)11-12-21(16)17(22)9-13-24-2/h3-7,16H,8-14H2,1-2H3,(H,19,23)/t16-/m1/s1. The summed E-state index contributed by atoms with van der Waals surface area (Å²) in [6, 6.07) is 9.88. The molecule has 0 aliphatic carbocycles. The van der Waals surface area contributed by atoms with Gasteiger partial charge < -0.3 is 15.0 Å². The Kier molecular flexibility index (Phi) is 7.21. The molecule has 1 heterocycles. The predicted molar refractivity (Wildman–Crippen MR) is 92.6 cm³/mol. The Morgan fingerprint density at radius 3 is 2.67 bits per heavy atom. The van der Waals surface area contributed by atoms with Crippen molar-refractivity contribution < 1.29 is 14.3 Å².